The third kappa shape index (κ3) is 11.3. The van der Waals surface area contributed by atoms with E-state index in [1.807, 2.05) is 54.6 Å². The summed E-state index contributed by atoms with van der Waals surface area (Å²) in [5.74, 6) is -2.20. The molecular formula is C28H32F2IN3O4S. The maximum atomic E-state index is 13.9. The average Bonchev–Trinajstić information content (AvgIpc) is 2.85. The first-order valence-electron chi connectivity index (χ1n) is 12.4. The molecule has 0 aliphatic heterocycles. The average molecular weight is 672 g/mol. The monoisotopic (exact) mass is 671 g/mol. The summed E-state index contributed by atoms with van der Waals surface area (Å²) in [6.07, 6.45) is 0.353. The third-order valence-electron chi connectivity index (χ3n) is 5.98. The van der Waals surface area contributed by atoms with Crippen LogP contribution in [0.5, 0.6) is 0 Å². The number of hydrogen-bond donors (Lipinski definition) is 4. The van der Waals surface area contributed by atoms with Crippen LogP contribution in [0.3, 0.4) is 0 Å². The van der Waals surface area contributed by atoms with Crippen molar-refractivity contribution in [2.75, 3.05) is 12.8 Å². The molecule has 0 spiro atoms. The molecule has 0 fully saturated rings. The molecule has 39 heavy (non-hydrogen) atoms. The lowest BCUT2D eigenvalue weighted by atomic mass is 9.99. The Morgan fingerprint density at radius 2 is 1.62 bits per heavy atom. The second kappa shape index (κ2) is 14.8. The first-order valence-corrected chi connectivity index (χ1v) is 15.4. The number of aryl methyl sites for hydroxylation is 1. The van der Waals surface area contributed by atoms with Crippen LogP contribution in [0.1, 0.15) is 23.1 Å². The zero-order valence-corrected chi connectivity index (χ0v) is 24.4. The highest BCUT2D eigenvalue weighted by Crippen LogP contribution is 2.14. The van der Waals surface area contributed by atoms with Gasteiger partial charge in [-0.3, -0.25) is 4.79 Å². The molecule has 1 amide bonds. The summed E-state index contributed by atoms with van der Waals surface area (Å²) in [5, 5.41) is 16.9. The summed E-state index contributed by atoms with van der Waals surface area (Å²) < 4.78 is 55.2. The summed E-state index contributed by atoms with van der Waals surface area (Å²) in [7, 11) is -3.73. The van der Waals surface area contributed by atoms with E-state index in [4.69, 9.17) is 0 Å². The molecule has 0 radical (unpaired) electrons. The van der Waals surface area contributed by atoms with Gasteiger partial charge in [0.05, 0.1) is 18.4 Å². The topological polar surface area (TPSA) is 108 Å². The molecule has 11 heteroatoms. The quantitative estimate of drug-likeness (QED) is 0.197. The number of carbonyl (C=O) groups is 1. The van der Waals surface area contributed by atoms with E-state index in [1.54, 1.807) is 0 Å². The SMILES string of the molecule is CS(=O)(=O)NC(CCc1ccccc1)C(=O)N[C@@H](Cc1cc(F)cc(F)c1)[C@@H](O)CNCc1cccc(I)c1. The number of carbonyl (C=O) groups excluding carboxylic acids is 1. The number of rotatable bonds is 14. The number of nitrogens with one attached hydrogen (secondary N) is 3. The Morgan fingerprint density at radius 3 is 2.26 bits per heavy atom. The van der Waals surface area contributed by atoms with Gasteiger partial charge in [0.25, 0.3) is 0 Å². The second-order valence-electron chi connectivity index (χ2n) is 9.39. The van der Waals surface area contributed by atoms with Gasteiger partial charge in [-0.05, 0) is 82.8 Å². The zero-order valence-electron chi connectivity index (χ0n) is 21.4. The molecule has 0 saturated carbocycles. The lowest BCUT2D eigenvalue weighted by Crippen LogP contribution is -2.54. The molecule has 0 bridgehead atoms. The van der Waals surface area contributed by atoms with E-state index >= 15 is 0 Å². The lowest BCUT2D eigenvalue weighted by molar-refractivity contribution is -0.124. The Labute approximate surface area is 241 Å². The molecule has 7 nitrogen and oxygen atoms in total. The summed E-state index contributed by atoms with van der Waals surface area (Å²) in [6, 6.07) is 18.1. The molecule has 210 valence electrons. The summed E-state index contributed by atoms with van der Waals surface area (Å²) in [6.45, 7) is 0.529. The van der Waals surface area contributed by atoms with Gasteiger partial charge < -0.3 is 15.7 Å². The maximum absolute atomic E-state index is 13.9. The minimum absolute atomic E-state index is 0.0718. The van der Waals surface area contributed by atoms with Crippen LogP contribution in [-0.2, 0) is 34.2 Å². The van der Waals surface area contributed by atoms with E-state index in [0.29, 0.717) is 13.0 Å². The standard InChI is InChI=1S/C28H32F2IN3O4S/c1-39(37,38)34-25(11-10-19-6-3-2-4-7-19)28(36)33-26(15-21-12-22(29)16-23(30)13-21)27(35)18-32-17-20-8-5-9-24(31)14-20/h2-9,12-14,16,25-27,32,34-35H,10-11,15,17-18H2,1H3,(H,33,36)/t25?,26-,27-/m0/s1. The van der Waals surface area contributed by atoms with Crippen LogP contribution < -0.4 is 15.4 Å². The van der Waals surface area contributed by atoms with E-state index < -0.39 is 45.8 Å². The largest absolute Gasteiger partial charge is 0.390 e. The molecule has 3 atom stereocenters. The maximum Gasteiger partial charge on any atom is 0.238 e. The highest BCUT2D eigenvalue weighted by Gasteiger charge is 2.28. The molecule has 0 saturated heterocycles. The normalized spacial score (nSPS) is 14.0. The molecule has 0 aliphatic rings. The van der Waals surface area contributed by atoms with Crippen LogP contribution in [0.15, 0.2) is 72.8 Å². The van der Waals surface area contributed by atoms with E-state index in [9.17, 15) is 27.1 Å². The lowest BCUT2D eigenvalue weighted by Gasteiger charge is -2.27. The van der Waals surface area contributed by atoms with E-state index in [-0.39, 0.29) is 24.9 Å². The zero-order chi connectivity index (χ0) is 28.4. The van der Waals surface area contributed by atoms with Crippen molar-refractivity contribution < 1.29 is 27.1 Å². The Balaban J connectivity index is 1.75. The van der Waals surface area contributed by atoms with Crippen molar-refractivity contribution in [2.24, 2.45) is 0 Å². The van der Waals surface area contributed by atoms with E-state index in [1.165, 1.54) is 0 Å². The van der Waals surface area contributed by atoms with Gasteiger partial charge in [0.2, 0.25) is 15.9 Å². The Morgan fingerprint density at radius 1 is 0.949 bits per heavy atom. The molecule has 4 N–H and O–H groups in total. The fraction of sp³-hybridized carbons (Fsp3) is 0.321. The first kappa shape index (κ1) is 31.1. The Hall–Kier alpha value is -2.45. The van der Waals surface area contributed by atoms with Crippen LogP contribution in [0.4, 0.5) is 8.78 Å². The predicted octanol–water partition coefficient (Wildman–Crippen LogP) is 3.30. The number of amides is 1. The van der Waals surface area contributed by atoms with Gasteiger partial charge in [-0.1, -0.05) is 42.5 Å². The fourth-order valence-corrected chi connectivity index (χ4v) is 5.51. The third-order valence-corrected chi connectivity index (χ3v) is 7.36. The highest BCUT2D eigenvalue weighted by atomic mass is 127. The van der Waals surface area contributed by atoms with Crippen LogP contribution in [0.25, 0.3) is 0 Å². The molecule has 3 aromatic rings. The van der Waals surface area contributed by atoms with E-state index in [0.717, 1.165) is 39.2 Å². The number of sulfonamides is 1. The smallest absolute Gasteiger partial charge is 0.238 e. The van der Waals surface area contributed by atoms with Gasteiger partial charge in [0.1, 0.15) is 17.7 Å². The van der Waals surface area contributed by atoms with Crippen molar-refractivity contribution in [3.8, 4) is 0 Å². The second-order valence-corrected chi connectivity index (χ2v) is 12.4. The van der Waals surface area contributed by atoms with Gasteiger partial charge in [-0.25, -0.2) is 21.9 Å². The van der Waals surface area contributed by atoms with Crippen molar-refractivity contribution in [3.05, 3.63) is 105 Å². The first-order chi connectivity index (χ1) is 18.5. The van der Waals surface area contributed by atoms with Crippen molar-refractivity contribution in [3.63, 3.8) is 0 Å². The van der Waals surface area contributed by atoms with Crippen LogP contribution in [-0.4, -0.2) is 50.4 Å². The molecule has 3 rings (SSSR count). The Bertz CT molecular complexity index is 1330. The van der Waals surface area contributed by atoms with Gasteiger partial charge >= 0.3 is 0 Å². The van der Waals surface area contributed by atoms with E-state index in [2.05, 4.69) is 37.9 Å². The molecule has 1 unspecified atom stereocenters. The predicted molar refractivity (Wildman–Crippen MR) is 155 cm³/mol. The highest BCUT2D eigenvalue weighted by molar-refractivity contribution is 14.1. The fourth-order valence-electron chi connectivity index (χ4n) is 4.16. The van der Waals surface area contributed by atoms with Gasteiger partial charge in [0, 0.05) is 22.7 Å². The van der Waals surface area contributed by atoms with Gasteiger partial charge in [-0.15, -0.1) is 0 Å². The number of aliphatic hydroxyl groups excluding tert-OH is 1. The minimum Gasteiger partial charge on any atom is -0.390 e. The van der Waals surface area contributed by atoms with Crippen molar-refractivity contribution in [2.45, 2.75) is 44.0 Å². The Kier molecular flexibility index (Phi) is 11.8. The number of benzene rings is 3. The molecule has 0 aromatic heterocycles. The molecule has 0 aliphatic carbocycles. The minimum atomic E-state index is -3.73. The van der Waals surface area contributed by atoms with Crippen LogP contribution in [0, 0.1) is 15.2 Å². The molecule has 3 aromatic carbocycles. The van der Waals surface area contributed by atoms with Crippen molar-refractivity contribution >= 4 is 38.5 Å². The molecular weight excluding hydrogens is 639 g/mol. The number of hydrogen-bond acceptors (Lipinski definition) is 5. The van der Waals surface area contributed by atoms with Crippen LogP contribution in [0.2, 0.25) is 0 Å². The van der Waals surface area contributed by atoms with Crippen molar-refractivity contribution in [1.29, 1.82) is 0 Å². The summed E-state index contributed by atoms with van der Waals surface area (Å²) >= 11 is 2.20. The number of halogens is 3. The van der Waals surface area contributed by atoms with Crippen LogP contribution >= 0.6 is 22.6 Å². The summed E-state index contributed by atoms with van der Waals surface area (Å²) in [4.78, 5) is 13.3. The molecule has 0 heterocycles. The number of aliphatic hydroxyl groups is 1. The van der Waals surface area contributed by atoms with Crippen molar-refractivity contribution in [1.82, 2.24) is 15.4 Å². The summed E-state index contributed by atoms with van der Waals surface area (Å²) in [5.41, 5.74) is 2.17. The van der Waals surface area contributed by atoms with Gasteiger partial charge in [0.15, 0.2) is 0 Å². The van der Waals surface area contributed by atoms with Gasteiger partial charge in [-0.2, -0.15) is 0 Å².